The molecule has 2 atom stereocenters. The molecule has 3 N–H and O–H groups in total. The molecule has 146 valence electrons. The van der Waals surface area contributed by atoms with Crippen molar-refractivity contribution in [1.82, 2.24) is 10.2 Å². The number of nitrogens with zero attached hydrogens (tertiary/aromatic N) is 1. The van der Waals surface area contributed by atoms with Crippen LogP contribution in [0.15, 0.2) is 61.2 Å². The number of primary amides is 1. The Bertz CT molecular complexity index is 690. The van der Waals surface area contributed by atoms with Crippen molar-refractivity contribution < 1.29 is 9.59 Å². The summed E-state index contributed by atoms with van der Waals surface area (Å²) in [5.74, 6) is -0.341. The zero-order valence-electron chi connectivity index (χ0n) is 16.6. The van der Waals surface area contributed by atoms with Crippen LogP contribution in [0.25, 0.3) is 0 Å². The van der Waals surface area contributed by atoms with Gasteiger partial charge in [0.15, 0.2) is 0 Å². The van der Waals surface area contributed by atoms with Gasteiger partial charge in [-0.25, -0.2) is 0 Å². The molecule has 0 heterocycles. The molecule has 0 spiro atoms. The summed E-state index contributed by atoms with van der Waals surface area (Å²) in [6.07, 6.45) is 6.51. The Labute approximate surface area is 162 Å². The molecule has 0 fully saturated rings. The highest BCUT2D eigenvalue weighted by atomic mass is 16.1. The number of hydrogen-bond acceptors (Lipinski definition) is 3. The highest BCUT2D eigenvalue weighted by Crippen LogP contribution is 2.16. The number of likely N-dealkylation sites (N-methyl/N-ethyl adjacent to an activating group) is 1. The number of hydrogen-bond donors (Lipinski definition) is 2. The first-order valence-electron chi connectivity index (χ1n) is 9.05. The Kier molecular flexibility index (Phi) is 9.23. The van der Waals surface area contributed by atoms with Gasteiger partial charge in [-0.05, 0) is 49.7 Å². The first-order valence-corrected chi connectivity index (χ1v) is 9.05. The summed E-state index contributed by atoms with van der Waals surface area (Å²) in [4.78, 5) is 25.6. The first kappa shape index (κ1) is 22.4. The minimum absolute atomic E-state index is 0.00948. The van der Waals surface area contributed by atoms with Gasteiger partial charge in [-0.15, -0.1) is 0 Å². The molecule has 2 unspecified atom stereocenters. The van der Waals surface area contributed by atoms with Crippen LogP contribution in [0.2, 0.25) is 0 Å². The predicted molar refractivity (Wildman–Crippen MR) is 111 cm³/mol. The second kappa shape index (κ2) is 11.1. The van der Waals surface area contributed by atoms with Gasteiger partial charge >= 0.3 is 0 Å². The maximum Gasteiger partial charge on any atom is 0.248 e. The minimum atomic E-state index is -0.434. The topological polar surface area (TPSA) is 75.4 Å². The van der Waals surface area contributed by atoms with Crippen molar-refractivity contribution >= 4 is 11.8 Å². The molecule has 1 aromatic rings. The van der Waals surface area contributed by atoms with E-state index in [0.29, 0.717) is 18.5 Å². The normalized spacial score (nSPS) is 13.7. The molecule has 2 amide bonds. The maximum absolute atomic E-state index is 12.3. The molecule has 0 radical (unpaired) electrons. The standard InChI is InChI=1S/C22H31N3O2/c1-6-8-18(7-2)16(3)13-21(26)24-15-20(25(4)5)14-17-9-11-19(12-10-17)22(23)27/h6-12,16,20H,1-2,13-15H2,3-5H3,(H2,23,27)(H,24,26)/b18-8+. The summed E-state index contributed by atoms with van der Waals surface area (Å²) < 4.78 is 0. The van der Waals surface area contributed by atoms with Crippen molar-refractivity contribution in [3.8, 4) is 0 Å². The molecule has 1 rings (SSSR count). The molecule has 1 aromatic carbocycles. The van der Waals surface area contributed by atoms with Gasteiger partial charge in [0.2, 0.25) is 11.8 Å². The highest BCUT2D eigenvalue weighted by molar-refractivity contribution is 5.92. The zero-order valence-corrected chi connectivity index (χ0v) is 16.6. The monoisotopic (exact) mass is 369 g/mol. The number of nitrogens with two attached hydrogens (primary N) is 1. The Morgan fingerprint density at radius 2 is 1.85 bits per heavy atom. The van der Waals surface area contributed by atoms with E-state index in [9.17, 15) is 9.59 Å². The molecule has 0 bridgehead atoms. The Balaban J connectivity index is 2.63. The molecule has 0 aliphatic carbocycles. The van der Waals surface area contributed by atoms with Crippen LogP contribution in [0.1, 0.15) is 29.3 Å². The van der Waals surface area contributed by atoms with E-state index in [1.165, 1.54) is 0 Å². The quantitative estimate of drug-likeness (QED) is 0.589. The smallest absolute Gasteiger partial charge is 0.248 e. The fraction of sp³-hybridized carbons (Fsp3) is 0.364. The van der Waals surface area contributed by atoms with Crippen LogP contribution >= 0.6 is 0 Å². The maximum atomic E-state index is 12.3. The lowest BCUT2D eigenvalue weighted by molar-refractivity contribution is -0.121. The molecule has 0 aromatic heterocycles. The van der Waals surface area contributed by atoms with E-state index in [2.05, 4.69) is 23.4 Å². The van der Waals surface area contributed by atoms with Crippen LogP contribution in [0.3, 0.4) is 0 Å². The van der Waals surface area contributed by atoms with Gasteiger partial charge in [0.05, 0.1) is 0 Å². The van der Waals surface area contributed by atoms with Crippen LogP contribution in [0.5, 0.6) is 0 Å². The molecular formula is C22H31N3O2. The summed E-state index contributed by atoms with van der Waals surface area (Å²) in [5, 5.41) is 3.02. The van der Waals surface area contributed by atoms with Crippen molar-refractivity contribution in [3.05, 3.63) is 72.4 Å². The van der Waals surface area contributed by atoms with E-state index in [4.69, 9.17) is 5.73 Å². The largest absolute Gasteiger partial charge is 0.366 e. The highest BCUT2D eigenvalue weighted by Gasteiger charge is 2.16. The number of carbonyl (C=O) groups excluding carboxylic acids is 2. The number of carbonyl (C=O) groups is 2. The van der Waals surface area contributed by atoms with E-state index in [0.717, 1.165) is 17.6 Å². The molecule has 5 heteroatoms. The third-order valence-electron chi connectivity index (χ3n) is 4.58. The predicted octanol–water partition coefficient (Wildman–Crippen LogP) is 2.70. The van der Waals surface area contributed by atoms with Crippen LogP contribution in [-0.4, -0.2) is 43.4 Å². The first-order chi connectivity index (χ1) is 12.8. The summed E-state index contributed by atoms with van der Waals surface area (Å²) in [7, 11) is 3.97. The van der Waals surface area contributed by atoms with Crippen molar-refractivity contribution in [1.29, 1.82) is 0 Å². The van der Waals surface area contributed by atoms with Gasteiger partial charge in [0.1, 0.15) is 0 Å². The number of nitrogens with one attached hydrogen (secondary N) is 1. The fourth-order valence-corrected chi connectivity index (χ4v) is 2.78. The van der Waals surface area contributed by atoms with Gasteiger partial charge in [-0.2, -0.15) is 0 Å². The van der Waals surface area contributed by atoms with Gasteiger partial charge in [-0.1, -0.05) is 50.4 Å². The van der Waals surface area contributed by atoms with E-state index < -0.39 is 5.91 Å². The lowest BCUT2D eigenvalue weighted by Crippen LogP contribution is -2.42. The van der Waals surface area contributed by atoms with E-state index in [-0.39, 0.29) is 17.9 Å². The summed E-state index contributed by atoms with van der Waals surface area (Å²) in [6, 6.07) is 7.40. The van der Waals surface area contributed by atoms with E-state index in [1.54, 1.807) is 24.3 Å². The van der Waals surface area contributed by atoms with Crippen molar-refractivity contribution in [2.45, 2.75) is 25.8 Å². The van der Waals surface area contributed by atoms with Crippen LogP contribution in [-0.2, 0) is 11.2 Å². The van der Waals surface area contributed by atoms with Gasteiger partial charge in [-0.3, -0.25) is 9.59 Å². The zero-order chi connectivity index (χ0) is 20.4. The summed E-state index contributed by atoms with van der Waals surface area (Å²) in [6.45, 7) is 10.0. The summed E-state index contributed by atoms with van der Waals surface area (Å²) in [5.41, 5.74) is 7.85. The molecule has 0 aliphatic rings. The molecule has 0 saturated heterocycles. The van der Waals surface area contributed by atoms with Crippen LogP contribution in [0.4, 0.5) is 0 Å². The molecule has 0 saturated carbocycles. The average molecular weight is 370 g/mol. The lowest BCUT2D eigenvalue weighted by Gasteiger charge is -2.25. The molecule has 0 aliphatic heterocycles. The number of benzene rings is 1. The van der Waals surface area contributed by atoms with Gasteiger partial charge in [0, 0.05) is 24.6 Å². The third kappa shape index (κ3) is 7.62. The SMILES string of the molecule is C=C/C=C(\C=C)C(C)CC(=O)NCC(Cc1ccc(C(N)=O)cc1)N(C)C. The van der Waals surface area contributed by atoms with E-state index in [1.807, 2.05) is 39.2 Å². The number of amides is 2. The number of rotatable bonds is 11. The Morgan fingerprint density at radius 3 is 2.33 bits per heavy atom. The van der Waals surface area contributed by atoms with Crippen LogP contribution < -0.4 is 11.1 Å². The van der Waals surface area contributed by atoms with Gasteiger partial charge < -0.3 is 16.0 Å². The third-order valence-corrected chi connectivity index (χ3v) is 4.58. The Hall–Kier alpha value is -2.66. The van der Waals surface area contributed by atoms with Crippen molar-refractivity contribution in [2.75, 3.05) is 20.6 Å². The fourth-order valence-electron chi connectivity index (χ4n) is 2.78. The molecule has 27 heavy (non-hydrogen) atoms. The molecule has 5 nitrogen and oxygen atoms in total. The van der Waals surface area contributed by atoms with E-state index >= 15 is 0 Å². The molecular weight excluding hydrogens is 338 g/mol. The second-order valence-electron chi connectivity index (χ2n) is 6.90. The second-order valence-corrected chi connectivity index (χ2v) is 6.90. The number of allylic oxidation sites excluding steroid dienone is 4. The lowest BCUT2D eigenvalue weighted by atomic mass is 9.96. The minimum Gasteiger partial charge on any atom is -0.366 e. The Morgan fingerprint density at radius 1 is 1.22 bits per heavy atom. The summed E-state index contributed by atoms with van der Waals surface area (Å²) >= 11 is 0. The average Bonchev–Trinajstić information content (AvgIpc) is 2.63. The van der Waals surface area contributed by atoms with Crippen molar-refractivity contribution in [2.24, 2.45) is 11.7 Å². The van der Waals surface area contributed by atoms with Crippen LogP contribution in [0, 0.1) is 5.92 Å². The van der Waals surface area contributed by atoms with Crippen molar-refractivity contribution in [3.63, 3.8) is 0 Å². The van der Waals surface area contributed by atoms with Gasteiger partial charge in [0.25, 0.3) is 0 Å².